The zero-order valence-electron chi connectivity index (χ0n) is 9.82. The topological polar surface area (TPSA) is 50.9 Å². The van der Waals surface area contributed by atoms with Crippen molar-refractivity contribution < 1.29 is 5.11 Å². The van der Waals surface area contributed by atoms with Crippen LogP contribution in [0.15, 0.2) is 48.7 Å². The van der Waals surface area contributed by atoms with Gasteiger partial charge in [-0.15, -0.1) is 5.10 Å². The number of aliphatic hydroxyl groups excluding tert-OH is 1. The Bertz CT molecular complexity index is 670. The zero-order valence-corrected chi connectivity index (χ0v) is 9.82. The van der Waals surface area contributed by atoms with Gasteiger partial charge < -0.3 is 5.11 Å². The molecule has 0 radical (unpaired) electrons. The summed E-state index contributed by atoms with van der Waals surface area (Å²) in [6.07, 6.45) is 2.39. The van der Waals surface area contributed by atoms with Crippen LogP contribution in [0.2, 0.25) is 0 Å². The summed E-state index contributed by atoms with van der Waals surface area (Å²) >= 11 is 0. The highest BCUT2D eigenvalue weighted by molar-refractivity contribution is 5.89. The van der Waals surface area contributed by atoms with Gasteiger partial charge >= 0.3 is 0 Å². The van der Waals surface area contributed by atoms with E-state index in [0.717, 1.165) is 16.8 Å². The van der Waals surface area contributed by atoms with E-state index in [1.807, 2.05) is 30.5 Å². The minimum absolute atomic E-state index is 0.0915. The van der Waals surface area contributed by atoms with Crippen LogP contribution < -0.4 is 0 Å². The third-order valence-corrected chi connectivity index (χ3v) is 2.92. The second-order valence-corrected chi connectivity index (χ2v) is 4.13. The lowest BCUT2D eigenvalue weighted by atomic mass is 10.1. The summed E-state index contributed by atoms with van der Waals surface area (Å²) in [5, 5.41) is 19.4. The molecular formula is C14H13N3O. The molecule has 0 aliphatic carbocycles. The highest BCUT2D eigenvalue weighted by Crippen LogP contribution is 2.21. The first-order chi connectivity index (χ1) is 8.88. The molecule has 0 aliphatic rings. The van der Waals surface area contributed by atoms with Crippen molar-refractivity contribution in [3.05, 3.63) is 54.4 Å². The second-order valence-electron chi connectivity index (χ2n) is 4.13. The van der Waals surface area contributed by atoms with Crippen molar-refractivity contribution in [3.63, 3.8) is 0 Å². The molecule has 4 heteroatoms. The molecule has 0 fully saturated rings. The van der Waals surface area contributed by atoms with Crippen LogP contribution in [0.25, 0.3) is 16.5 Å². The van der Waals surface area contributed by atoms with Gasteiger partial charge in [0.25, 0.3) is 0 Å². The van der Waals surface area contributed by atoms with Crippen LogP contribution in [0.5, 0.6) is 0 Å². The third-order valence-electron chi connectivity index (χ3n) is 2.92. The fraction of sp³-hybridized carbons (Fsp3) is 0.143. The largest absolute Gasteiger partial charge is 0.396 e. The SMILES string of the molecule is OCCc1cn(-c2cccc3ccccc23)nn1. The Morgan fingerprint density at radius 3 is 2.78 bits per heavy atom. The van der Waals surface area contributed by atoms with Crippen molar-refractivity contribution in [1.82, 2.24) is 15.0 Å². The van der Waals surface area contributed by atoms with Gasteiger partial charge in [0.05, 0.1) is 17.6 Å². The molecule has 0 bridgehead atoms. The van der Waals surface area contributed by atoms with Crippen molar-refractivity contribution in [2.24, 2.45) is 0 Å². The summed E-state index contributed by atoms with van der Waals surface area (Å²) in [6, 6.07) is 14.3. The molecule has 0 amide bonds. The van der Waals surface area contributed by atoms with Gasteiger partial charge in [-0.05, 0) is 11.5 Å². The predicted octanol–water partition coefficient (Wildman–Crippen LogP) is 1.96. The Labute approximate surface area is 104 Å². The maximum Gasteiger partial charge on any atom is 0.0854 e. The Kier molecular flexibility index (Phi) is 2.78. The van der Waals surface area contributed by atoms with E-state index >= 15 is 0 Å². The summed E-state index contributed by atoms with van der Waals surface area (Å²) in [5.41, 5.74) is 1.80. The highest BCUT2D eigenvalue weighted by atomic mass is 16.3. The molecular weight excluding hydrogens is 226 g/mol. The number of nitrogens with zero attached hydrogens (tertiary/aromatic N) is 3. The minimum atomic E-state index is 0.0915. The van der Waals surface area contributed by atoms with Crippen LogP contribution >= 0.6 is 0 Å². The lowest BCUT2D eigenvalue weighted by molar-refractivity contribution is 0.298. The summed E-state index contributed by atoms with van der Waals surface area (Å²) < 4.78 is 1.76. The van der Waals surface area contributed by atoms with E-state index in [1.165, 1.54) is 5.39 Å². The van der Waals surface area contributed by atoms with Crippen LogP contribution in [0.1, 0.15) is 5.69 Å². The lowest BCUT2D eigenvalue weighted by Gasteiger charge is -2.04. The quantitative estimate of drug-likeness (QED) is 0.760. The molecule has 0 saturated heterocycles. The molecule has 1 heterocycles. The number of aliphatic hydroxyl groups is 1. The zero-order chi connectivity index (χ0) is 12.4. The van der Waals surface area contributed by atoms with E-state index in [0.29, 0.717) is 6.42 Å². The normalized spacial score (nSPS) is 10.9. The number of benzene rings is 2. The van der Waals surface area contributed by atoms with Crippen LogP contribution in [0.4, 0.5) is 0 Å². The second kappa shape index (κ2) is 4.58. The van der Waals surface area contributed by atoms with Crippen molar-refractivity contribution in [1.29, 1.82) is 0 Å². The van der Waals surface area contributed by atoms with Gasteiger partial charge in [0.2, 0.25) is 0 Å². The minimum Gasteiger partial charge on any atom is -0.396 e. The van der Waals surface area contributed by atoms with Crippen LogP contribution in [-0.2, 0) is 6.42 Å². The Morgan fingerprint density at radius 1 is 1.06 bits per heavy atom. The third kappa shape index (κ3) is 1.87. The number of hydrogen-bond acceptors (Lipinski definition) is 3. The van der Waals surface area contributed by atoms with Gasteiger partial charge in [-0.1, -0.05) is 41.6 Å². The number of aromatic nitrogens is 3. The smallest absolute Gasteiger partial charge is 0.0854 e. The average Bonchev–Trinajstić information content (AvgIpc) is 2.87. The lowest BCUT2D eigenvalue weighted by Crippen LogP contribution is -1.95. The van der Waals surface area contributed by atoms with Crippen molar-refractivity contribution in [2.75, 3.05) is 6.61 Å². The molecule has 3 rings (SSSR count). The fourth-order valence-electron chi connectivity index (χ4n) is 2.05. The predicted molar refractivity (Wildman–Crippen MR) is 69.7 cm³/mol. The van der Waals surface area contributed by atoms with Crippen molar-refractivity contribution >= 4 is 10.8 Å². The summed E-state index contributed by atoms with van der Waals surface area (Å²) in [4.78, 5) is 0. The number of rotatable bonds is 3. The van der Waals surface area contributed by atoms with Crippen molar-refractivity contribution in [3.8, 4) is 5.69 Å². The average molecular weight is 239 g/mol. The number of fused-ring (bicyclic) bond motifs is 1. The monoisotopic (exact) mass is 239 g/mol. The molecule has 18 heavy (non-hydrogen) atoms. The van der Waals surface area contributed by atoms with Gasteiger partial charge in [0, 0.05) is 18.4 Å². The van der Waals surface area contributed by atoms with E-state index in [4.69, 9.17) is 5.11 Å². The molecule has 90 valence electrons. The molecule has 1 aromatic heterocycles. The Hall–Kier alpha value is -2.20. The van der Waals surface area contributed by atoms with Crippen LogP contribution in [-0.4, -0.2) is 26.7 Å². The summed E-state index contributed by atoms with van der Waals surface area (Å²) in [7, 11) is 0. The number of hydrogen-bond donors (Lipinski definition) is 1. The molecule has 0 atom stereocenters. The van der Waals surface area contributed by atoms with Gasteiger partial charge in [0.15, 0.2) is 0 Å². The van der Waals surface area contributed by atoms with E-state index < -0.39 is 0 Å². The standard InChI is InChI=1S/C14H13N3O/c18-9-8-12-10-17(16-15-12)14-7-3-5-11-4-1-2-6-13(11)14/h1-7,10,18H,8-9H2. The molecule has 2 aromatic carbocycles. The van der Waals surface area contributed by atoms with Gasteiger partial charge in [-0.3, -0.25) is 0 Å². The van der Waals surface area contributed by atoms with E-state index in [1.54, 1.807) is 4.68 Å². The fourth-order valence-corrected chi connectivity index (χ4v) is 2.05. The molecule has 3 aromatic rings. The first kappa shape index (κ1) is 10.9. The first-order valence-corrected chi connectivity index (χ1v) is 5.89. The molecule has 4 nitrogen and oxygen atoms in total. The van der Waals surface area contributed by atoms with E-state index in [9.17, 15) is 0 Å². The van der Waals surface area contributed by atoms with Crippen LogP contribution in [0, 0.1) is 0 Å². The molecule has 0 unspecified atom stereocenters. The van der Waals surface area contributed by atoms with Gasteiger partial charge in [-0.25, -0.2) is 4.68 Å². The van der Waals surface area contributed by atoms with Crippen LogP contribution in [0.3, 0.4) is 0 Å². The van der Waals surface area contributed by atoms with E-state index in [2.05, 4.69) is 28.5 Å². The molecule has 1 N–H and O–H groups in total. The molecule has 0 aliphatic heterocycles. The van der Waals surface area contributed by atoms with Crippen molar-refractivity contribution in [2.45, 2.75) is 6.42 Å². The Morgan fingerprint density at radius 2 is 1.89 bits per heavy atom. The summed E-state index contributed by atoms with van der Waals surface area (Å²) in [6.45, 7) is 0.0915. The first-order valence-electron chi connectivity index (χ1n) is 5.89. The molecule has 0 spiro atoms. The molecule has 0 saturated carbocycles. The maximum atomic E-state index is 8.89. The Balaban J connectivity index is 2.12. The van der Waals surface area contributed by atoms with Gasteiger partial charge in [-0.2, -0.15) is 0 Å². The maximum absolute atomic E-state index is 8.89. The summed E-state index contributed by atoms with van der Waals surface area (Å²) in [5.74, 6) is 0. The highest BCUT2D eigenvalue weighted by Gasteiger charge is 2.05. The van der Waals surface area contributed by atoms with E-state index in [-0.39, 0.29) is 6.61 Å². The van der Waals surface area contributed by atoms with Gasteiger partial charge in [0.1, 0.15) is 0 Å².